The number of amides is 2. The zero-order valence-electron chi connectivity index (χ0n) is 25.1. The molecule has 2 amide bonds. The second-order valence-electron chi connectivity index (χ2n) is 11.7. The van der Waals surface area contributed by atoms with Gasteiger partial charge in [0.1, 0.15) is 11.5 Å². The van der Waals surface area contributed by atoms with Gasteiger partial charge in [-0.2, -0.15) is 11.8 Å². The molecule has 9 heteroatoms. The number of benzene rings is 3. The predicted octanol–water partition coefficient (Wildman–Crippen LogP) is 6.01. The summed E-state index contributed by atoms with van der Waals surface area (Å²) in [5.74, 6) is 0.931. The average Bonchev–Trinajstić information content (AvgIpc) is 3.34. The highest BCUT2D eigenvalue weighted by Crippen LogP contribution is 2.56. The minimum Gasteiger partial charge on any atom is -0.456 e. The summed E-state index contributed by atoms with van der Waals surface area (Å²) in [5.41, 5.74) is 10.3. The highest BCUT2D eigenvalue weighted by Gasteiger charge is 2.49. The molecule has 2 heterocycles. The Morgan fingerprint density at radius 1 is 1.00 bits per heavy atom. The number of hydrogen-bond acceptors (Lipinski definition) is 7. The lowest BCUT2D eigenvalue weighted by molar-refractivity contribution is -0.130. The summed E-state index contributed by atoms with van der Waals surface area (Å²) in [4.78, 5) is 38.7. The fourth-order valence-electron chi connectivity index (χ4n) is 6.06. The molecule has 0 saturated heterocycles. The van der Waals surface area contributed by atoms with Crippen molar-refractivity contribution in [1.29, 1.82) is 0 Å². The number of ketones is 1. The van der Waals surface area contributed by atoms with E-state index in [0.29, 0.717) is 42.3 Å². The summed E-state index contributed by atoms with van der Waals surface area (Å²) < 4.78 is 13.0. The number of carbonyl (C=O) groups excluding carboxylic acids is 3. The molecule has 1 unspecified atom stereocenters. The fraction of sp³-hybridized carbons (Fsp3) is 0.382. The van der Waals surface area contributed by atoms with E-state index >= 15 is 0 Å². The quantitative estimate of drug-likeness (QED) is 0.230. The zero-order valence-corrected chi connectivity index (χ0v) is 25.9. The van der Waals surface area contributed by atoms with Gasteiger partial charge in [0.05, 0.1) is 12.6 Å². The van der Waals surface area contributed by atoms with Crippen LogP contribution >= 0.6 is 11.8 Å². The number of carbonyl (C=O) groups is 3. The van der Waals surface area contributed by atoms with Crippen molar-refractivity contribution in [1.82, 2.24) is 5.32 Å². The van der Waals surface area contributed by atoms with Crippen LogP contribution in [0.1, 0.15) is 62.3 Å². The standard InChI is InChI=1S/C34H39N3O5S/c1-20(2)15-29(36-21(3)38)30(39)16-22(13-14-43-4)33(40)37-25-10-12-28-32(18-25)42-31-17-24(35)9-11-27(31)34(28)26-8-6-5-7-23(26)19-41-34/h5-12,17-18,20,22,29H,13-16,19,35H2,1-4H3,(H,36,38)(H,37,40)/t22-,29+,34?/m1/s1. The molecule has 226 valence electrons. The van der Waals surface area contributed by atoms with Crippen LogP contribution in [0.2, 0.25) is 0 Å². The van der Waals surface area contributed by atoms with Crippen LogP contribution in [0.25, 0.3) is 0 Å². The van der Waals surface area contributed by atoms with Crippen LogP contribution in [-0.4, -0.2) is 35.6 Å². The first-order valence-electron chi connectivity index (χ1n) is 14.7. The van der Waals surface area contributed by atoms with E-state index in [4.69, 9.17) is 15.2 Å². The number of ether oxygens (including phenoxy) is 2. The lowest BCUT2D eigenvalue weighted by Crippen LogP contribution is -2.42. The van der Waals surface area contributed by atoms with E-state index in [1.165, 1.54) is 6.92 Å². The van der Waals surface area contributed by atoms with Gasteiger partial charge in [-0.15, -0.1) is 0 Å². The molecule has 0 saturated carbocycles. The van der Waals surface area contributed by atoms with Crippen LogP contribution in [0.4, 0.5) is 11.4 Å². The summed E-state index contributed by atoms with van der Waals surface area (Å²) in [7, 11) is 0. The van der Waals surface area contributed by atoms with Crippen molar-refractivity contribution >= 4 is 40.7 Å². The van der Waals surface area contributed by atoms with E-state index in [-0.39, 0.29) is 29.9 Å². The molecule has 0 aliphatic carbocycles. The molecular weight excluding hydrogens is 562 g/mol. The molecule has 0 fully saturated rings. The maximum absolute atomic E-state index is 13.6. The van der Waals surface area contributed by atoms with Crippen molar-refractivity contribution in [3.63, 3.8) is 0 Å². The van der Waals surface area contributed by atoms with Crippen LogP contribution < -0.4 is 21.1 Å². The Balaban J connectivity index is 1.43. The molecule has 0 aromatic heterocycles. The number of nitrogens with two attached hydrogens (primary N) is 1. The van der Waals surface area contributed by atoms with E-state index in [1.54, 1.807) is 23.9 Å². The molecule has 8 nitrogen and oxygen atoms in total. The lowest BCUT2D eigenvalue weighted by atomic mass is 9.77. The first-order valence-corrected chi connectivity index (χ1v) is 16.1. The molecule has 3 aromatic carbocycles. The number of nitrogens with one attached hydrogen (secondary N) is 2. The van der Waals surface area contributed by atoms with Gasteiger partial charge in [0, 0.05) is 53.9 Å². The van der Waals surface area contributed by atoms with Crippen molar-refractivity contribution in [3.8, 4) is 11.5 Å². The minimum atomic E-state index is -0.863. The molecule has 3 atom stereocenters. The Hall–Kier alpha value is -3.82. The number of thioether (sulfide) groups is 1. The van der Waals surface area contributed by atoms with Crippen LogP contribution in [0.5, 0.6) is 11.5 Å². The van der Waals surface area contributed by atoms with Crippen molar-refractivity contribution < 1.29 is 23.9 Å². The highest BCUT2D eigenvalue weighted by molar-refractivity contribution is 7.98. The minimum absolute atomic E-state index is 0.0475. The van der Waals surface area contributed by atoms with E-state index in [2.05, 4.69) is 22.8 Å². The molecule has 2 aliphatic rings. The predicted molar refractivity (Wildman–Crippen MR) is 170 cm³/mol. The maximum atomic E-state index is 13.6. The van der Waals surface area contributed by atoms with Gasteiger partial charge in [-0.3, -0.25) is 14.4 Å². The molecule has 2 aliphatic heterocycles. The van der Waals surface area contributed by atoms with Crippen molar-refractivity contribution in [2.45, 2.75) is 58.3 Å². The second-order valence-corrected chi connectivity index (χ2v) is 12.7. The number of anilines is 2. The fourth-order valence-corrected chi connectivity index (χ4v) is 6.58. The SMILES string of the molecule is CSCC[C@H](CC(=O)[C@H](CC(C)C)NC(C)=O)C(=O)Nc1ccc2c(c1)Oc1cc(N)ccc1C21OCc2ccccc21. The van der Waals surface area contributed by atoms with Crippen LogP contribution in [0.3, 0.4) is 0 Å². The van der Waals surface area contributed by atoms with Crippen LogP contribution in [0, 0.1) is 11.8 Å². The van der Waals surface area contributed by atoms with Gasteiger partial charge in [-0.05, 0) is 66.2 Å². The Kier molecular flexibility index (Phi) is 9.13. The molecular formula is C34H39N3O5S. The van der Waals surface area contributed by atoms with Crippen LogP contribution in [0.15, 0.2) is 60.7 Å². The summed E-state index contributed by atoms with van der Waals surface area (Å²) in [6.45, 7) is 5.87. The number of rotatable bonds is 11. The third kappa shape index (κ3) is 6.28. The molecule has 43 heavy (non-hydrogen) atoms. The number of nitrogen functional groups attached to an aromatic ring is 1. The van der Waals surface area contributed by atoms with E-state index < -0.39 is 17.6 Å². The smallest absolute Gasteiger partial charge is 0.227 e. The van der Waals surface area contributed by atoms with Gasteiger partial charge in [-0.1, -0.05) is 38.1 Å². The number of Topliss-reactive ketones (excluding diaryl/α,β-unsaturated/α-hetero) is 1. The second kappa shape index (κ2) is 12.8. The third-order valence-electron chi connectivity index (χ3n) is 8.04. The first-order chi connectivity index (χ1) is 20.6. The number of hydrogen-bond donors (Lipinski definition) is 3. The number of fused-ring (bicyclic) bond motifs is 6. The average molecular weight is 602 g/mol. The normalized spacial score (nSPS) is 17.8. The Morgan fingerprint density at radius 3 is 2.44 bits per heavy atom. The Labute approximate surface area is 257 Å². The monoisotopic (exact) mass is 601 g/mol. The van der Waals surface area contributed by atoms with Crippen LogP contribution in [-0.2, 0) is 31.3 Å². The van der Waals surface area contributed by atoms with Crippen molar-refractivity contribution in [2.24, 2.45) is 11.8 Å². The summed E-state index contributed by atoms with van der Waals surface area (Å²) in [6.07, 6.45) is 3.08. The summed E-state index contributed by atoms with van der Waals surface area (Å²) in [6, 6.07) is 18.7. The molecule has 4 N–H and O–H groups in total. The Bertz CT molecular complexity index is 1540. The molecule has 5 rings (SSSR count). The summed E-state index contributed by atoms with van der Waals surface area (Å²) >= 11 is 1.62. The molecule has 1 spiro atoms. The van der Waals surface area contributed by atoms with Crippen molar-refractivity contribution in [3.05, 3.63) is 82.9 Å². The van der Waals surface area contributed by atoms with Crippen molar-refractivity contribution in [2.75, 3.05) is 23.1 Å². The van der Waals surface area contributed by atoms with Gasteiger partial charge >= 0.3 is 0 Å². The maximum Gasteiger partial charge on any atom is 0.227 e. The van der Waals surface area contributed by atoms with E-state index in [1.807, 2.05) is 56.5 Å². The van der Waals surface area contributed by atoms with E-state index in [0.717, 1.165) is 28.0 Å². The van der Waals surface area contributed by atoms with Gasteiger partial charge in [0.15, 0.2) is 11.4 Å². The molecule has 0 radical (unpaired) electrons. The third-order valence-corrected chi connectivity index (χ3v) is 8.68. The summed E-state index contributed by atoms with van der Waals surface area (Å²) in [5, 5.41) is 5.80. The van der Waals surface area contributed by atoms with E-state index in [9.17, 15) is 14.4 Å². The van der Waals surface area contributed by atoms with Gasteiger partial charge in [-0.25, -0.2) is 0 Å². The lowest BCUT2D eigenvalue weighted by Gasteiger charge is -2.37. The first kappa shape index (κ1) is 30.6. The molecule has 0 bridgehead atoms. The molecule has 3 aromatic rings. The van der Waals surface area contributed by atoms with Gasteiger partial charge in [0.25, 0.3) is 0 Å². The van der Waals surface area contributed by atoms with Gasteiger partial charge < -0.3 is 25.8 Å². The van der Waals surface area contributed by atoms with Gasteiger partial charge in [0.2, 0.25) is 11.8 Å². The Morgan fingerprint density at radius 2 is 1.72 bits per heavy atom. The largest absolute Gasteiger partial charge is 0.456 e. The topological polar surface area (TPSA) is 120 Å². The highest BCUT2D eigenvalue weighted by atomic mass is 32.2. The zero-order chi connectivity index (χ0) is 30.7.